The predicted octanol–water partition coefficient (Wildman–Crippen LogP) is 2.93. The molecule has 0 aromatic heterocycles. The van der Waals surface area contributed by atoms with Crippen molar-refractivity contribution >= 4 is 11.7 Å². The lowest BCUT2D eigenvalue weighted by atomic mass is 10.1. The van der Waals surface area contributed by atoms with E-state index in [9.17, 15) is 14.3 Å². The van der Waals surface area contributed by atoms with Crippen molar-refractivity contribution in [3.63, 3.8) is 0 Å². The number of methoxy groups -OCH3 is 1. The summed E-state index contributed by atoms with van der Waals surface area (Å²) in [6, 6.07) is 10.4. The number of hydrogen-bond acceptors (Lipinski definition) is 4. The first-order valence-electron chi connectivity index (χ1n) is 6.00. The van der Waals surface area contributed by atoms with Crippen molar-refractivity contribution < 1.29 is 19.0 Å². The number of nitrogens with one attached hydrogen (secondary N) is 1. The van der Waals surface area contributed by atoms with Crippen LogP contribution in [0.1, 0.15) is 15.9 Å². The van der Waals surface area contributed by atoms with Crippen molar-refractivity contribution in [1.29, 1.82) is 0 Å². The standard InChI is InChI=1S/C15H14FNO3/c1-20-15(19)13-7-4-11(16)8-14(13)17-9-10-2-5-12(18)6-3-10/h2-8,17-18H,9H2,1H3. The van der Waals surface area contributed by atoms with Crippen molar-refractivity contribution in [3.8, 4) is 5.75 Å². The Morgan fingerprint density at radius 1 is 1.25 bits per heavy atom. The number of aromatic hydroxyl groups is 1. The Kier molecular flexibility index (Phi) is 4.20. The molecule has 0 aliphatic rings. The highest BCUT2D eigenvalue weighted by atomic mass is 19.1. The molecule has 0 unspecified atom stereocenters. The maximum absolute atomic E-state index is 13.3. The fraction of sp³-hybridized carbons (Fsp3) is 0.133. The van der Waals surface area contributed by atoms with E-state index in [1.54, 1.807) is 24.3 Å². The van der Waals surface area contributed by atoms with Crippen LogP contribution in [0, 0.1) is 5.82 Å². The molecule has 20 heavy (non-hydrogen) atoms. The van der Waals surface area contributed by atoms with E-state index in [4.69, 9.17) is 0 Å². The Morgan fingerprint density at radius 3 is 2.60 bits per heavy atom. The molecule has 2 rings (SSSR count). The van der Waals surface area contributed by atoms with Gasteiger partial charge in [0.1, 0.15) is 11.6 Å². The van der Waals surface area contributed by atoms with Gasteiger partial charge >= 0.3 is 5.97 Å². The number of benzene rings is 2. The first kappa shape index (κ1) is 13.9. The zero-order valence-electron chi connectivity index (χ0n) is 10.9. The summed E-state index contributed by atoms with van der Waals surface area (Å²) in [5.41, 5.74) is 1.53. The number of halogens is 1. The van der Waals surface area contributed by atoms with Gasteiger partial charge in [-0.2, -0.15) is 0 Å². The van der Waals surface area contributed by atoms with Crippen LogP contribution in [0.25, 0.3) is 0 Å². The molecular weight excluding hydrogens is 261 g/mol. The molecule has 0 fully saturated rings. The number of phenolic OH excluding ortho intramolecular Hbond substituents is 1. The third-order valence-electron chi connectivity index (χ3n) is 2.81. The fourth-order valence-electron chi connectivity index (χ4n) is 1.76. The maximum Gasteiger partial charge on any atom is 0.339 e. The number of carbonyl (C=O) groups excluding carboxylic acids is 1. The average Bonchev–Trinajstić information content (AvgIpc) is 2.46. The average molecular weight is 275 g/mol. The highest BCUT2D eigenvalue weighted by Crippen LogP contribution is 2.19. The van der Waals surface area contributed by atoms with Crippen LogP contribution in [-0.4, -0.2) is 18.2 Å². The van der Waals surface area contributed by atoms with Crippen molar-refractivity contribution in [3.05, 3.63) is 59.4 Å². The first-order chi connectivity index (χ1) is 9.60. The normalized spacial score (nSPS) is 10.1. The molecule has 2 N–H and O–H groups in total. The van der Waals surface area contributed by atoms with Gasteiger partial charge in [-0.15, -0.1) is 0 Å². The summed E-state index contributed by atoms with van der Waals surface area (Å²) in [6.45, 7) is 0.397. The highest BCUT2D eigenvalue weighted by Gasteiger charge is 2.12. The van der Waals surface area contributed by atoms with Crippen LogP contribution >= 0.6 is 0 Å². The number of phenols is 1. The lowest BCUT2D eigenvalue weighted by Crippen LogP contribution is -2.08. The predicted molar refractivity (Wildman–Crippen MR) is 73.2 cm³/mol. The van der Waals surface area contributed by atoms with Crippen molar-refractivity contribution in [2.75, 3.05) is 12.4 Å². The Labute approximate surface area is 115 Å². The number of carbonyl (C=O) groups is 1. The van der Waals surface area contributed by atoms with Crippen LogP contribution in [0.15, 0.2) is 42.5 Å². The molecule has 0 atom stereocenters. The minimum absolute atomic E-state index is 0.176. The molecule has 0 spiro atoms. The lowest BCUT2D eigenvalue weighted by Gasteiger charge is -2.11. The minimum Gasteiger partial charge on any atom is -0.508 e. The molecule has 4 nitrogen and oxygen atoms in total. The summed E-state index contributed by atoms with van der Waals surface area (Å²) in [5, 5.41) is 12.2. The molecule has 0 aliphatic heterocycles. The van der Waals surface area contributed by atoms with Crippen LogP contribution in [0.4, 0.5) is 10.1 Å². The topological polar surface area (TPSA) is 58.6 Å². The summed E-state index contributed by atoms with van der Waals surface area (Å²) < 4.78 is 17.9. The molecule has 0 saturated carbocycles. The Balaban J connectivity index is 2.17. The maximum atomic E-state index is 13.3. The van der Waals surface area contributed by atoms with Gasteiger partial charge in [0.05, 0.1) is 18.4 Å². The van der Waals surface area contributed by atoms with E-state index >= 15 is 0 Å². The lowest BCUT2D eigenvalue weighted by molar-refractivity contribution is 0.0601. The summed E-state index contributed by atoms with van der Waals surface area (Å²) >= 11 is 0. The second-order valence-corrected chi connectivity index (χ2v) is 4.20. The van der Waals surface area contributed by atoms with Crippen LogP contribution in [0.2, 0.25) is 0 Å². The van der Waals surface area contributed by atoms with E-state index < -0.39 is 11.8 Å². The first-order valence-corrected chi connectivity index (χ1v) is 6.00. The number of anilines is 1. The second kappa shape index (κ2) is 6.06. The molecule has 2 aromatic carbocycles. The van der Waals surface area contributed by atoms with Gasteiger partial charge in [-0.3, -0.25) is 0 Å². The molecule has 0 amide bonds. The Morgan fingerprint density at radius 2 is 1.95 bits per heavy atom. The van der Waals surface area contributed by atoms with Crippen molar-refractivity contribution in [2.45, 2.75) is 6.54 Å². The monoisotopic (exact) mass is 275 g/mol. The molecular formula is C15H14FNO3. The smallest absolute Gasteiger partial charge is 0.339 e. The third-order valence-corrected chi connectivity index (χ3v) is 2.81. The largest absolute Gasteiger partial charge is 0.508 e. The van der Waals surface area contributed by atoms with Gasteiger partial charge in [0.25, 0.3) is 0 Å². The van der Waals surface area contributed by atoms with Crippen LogP contribution in [0.3, 0.4) is 0 Å². The van der Waals surface area contributed by atoms with Crippen LogP contribution in [0.5, 0.6) is 5.75 Å². The molecule has 0 bridgehead atoms. The van der Waals surface area contributed by atoms with Crippen LogP contribution in [-0.2, 0) is 11.3 Å². The van der Waals surface area contributed by atoms with Crippen LogP contribution < -0.4 is 5.32 Å². The van der Waals surface area contributed by atoms with Gasteiger partial charge in [-0.05, 0) is 35.9 Å². The van der Waals surface area contributed by atoms with E-state index in [0.717, 1.165) is 5.56 Å². The molecule has 0 aliphatic carbocycles. The zero-order chi connectivity index (χ0) is 14.5. The van der Waals surface area contributed by atoms with Crippen molar-refractivity contribution in [2.24, 2.45) is 0 Å². The number of rotatable bonds is 4. The number of ether oxygens (including phenoxy) is 1. The zero-order valence-corrected chi connectivity index (χ0v) is 10.9. The van der Waals surface area contributed by atoms with E-state index in [-0.39, 0.29) is 11.3 Å². The fourth-order valence-corrected chi connectivity index (χ4v) is 1.76. The summed E-state index contributed by atoms with van der Waals surface area (Å²) in [6.07, 6.45) is 0. The van der Waals surface area contributed by atoms with E-state index in [2.05, 4.69) is 10.1 Å². The molecule has 0 saturated heterocycles. The molecule has 2 aromatic rings. The quantitative estimate of drug-likeness (QED) is 0.842. The second-order valence-electron chi connectivity index (χ2n) is 4.20. The van der Waals surface area contributed by atoms with Gasteiger partial charge in [0.15, 0.2) is 0 Å². The van der Waals surface area contributed by atoms with Crippen molar-refractivity contribution in [1.82, 2.24) is 0 Å². The van der Waals surface area contributed by atoms with E-state index in [1.165, 1.54) is 25.3 Å². The van der Waals surface area contributed by atoms with Gasteiger partial charge in [-0.25, -0.2) is 9.18 Å². The third kappa shape index (κ3) is 3.26. The summed E-state index contributed by atoms with van der Waals surface area (Å²) in [7, 11) is 1.27. The highest BCUT2D eigenvalue weighted by molar-refractivity contribution is 5.95. The molecule has 0 heterocycles. The number of hydrogen-bond donors (Lipinski definition) is 2. The summed E-state index contributed by atoms with van der Waals surface area (Å²) in [4.78, 5) is 11.6. The SMILES string of the molecule is COC(=O)c1ccc(F)cc1NCc1ccc(O)cc1. The van der Waals surface area contributed by atoms with E-state index in [1.807, 2.05) is 0 Å². The minimum atomic E-state index is -0.529. The number of esters is 1. The Hall–Kier alpha value is -2.56. The van der Waals surface area contributed by atoms with Gasteiger partial charge in [-0.1, -0.05) is 12.1 Å². The Bertz CT molecular complexity index is 611. The molecule has 104 valence electrons. The van der Waals surface area contributed by atoms with E-state index in [0.29, 0.717) is 12.2 Å². The van der Waals surface area contributed by atoms with Gasteiger partial charge in [0.2, 0.25) is 0 Å². The molecule has 5 heteroatoms. The van der Waals surface area contributed by atoms with Gasteiger partial charge < -0.3 is 15.2 Å². The summed E-state index contributed by atoms with van der Waals surface area (Å²) in [5.74, 6) is -0.793. The van der Waals surface area contributed by atoms with Gasteiger partial charge in [0, 0.05) is 6.54 Å². The molecule has 0 radical (unpaired) electrons.